The lowest BCUT2D eigenvalue weighted by Gasteiger charge is -2.47. The lowest BCUT2D eigenvalue weighted by molar-refractivity contribution is -0.117. The number of aliphatic imine (C=N–C) groups is 1. The summed E-state index contributed by atoms with van der Waals surface area (Å²) in [4.78, 5) is 40.4. The number of rotatable bonds is 8. The number of carbonyl (C=O) groups is 2. The average molecular weight is 680 g/mol. The molecule has 250 valence electrons. The second kappa shape index (κ2) is 13.5. The summed E-state index contributed by atoms with van der Waals surface area (Å²) in [6.45, 7) is 13.9. The number of amides is 3. The van der Waals surface area contributed by atoms with E-state index in [4.69, 9.17) is 43.6 Å². The van der Waals surface area contributed by atoms with Crippen molar-refractivity contribution in [2.75, 3.05) is 26.2 Å². The maximum absolute atomic E-state index is 15.0. The van der Waals surface area contributed by atoms with Gasteiger partial charge in [-0.2, -0.15) is 0 Å². The van der Waals surface area contributed by atoms with Crippen LogP contribution in [0.25, 0.3) is 0 Å². The van der Waals surface area contributed by atoms with Crippen LogP contribution in [0.3, 0.4) is 0 Å². The minimum atomic E-state index is -1.02. The summed E-state index contributed by atoms with van der Waals surface area (Å²) >= 11 is 12.7. The van der Waals surface area contributed by atoms with E-state index in [0.717, 1.165) is 16.8 Å². The van der Waals surface area contributed by atoms with Crippen molar-refractivity contribution in [1.29, 1.82) is 0 Å². The first-order valence-electron chi connectivity index (χ1n) is 16.1. The van der Waals surface area contributed by atoms with Crippen molar-refractivity contribution in [3.8, 4) is 5.75 Å². The fourth-order valence-electron chi connectivity index (χ4n) is 6.52. The second-order valence-corrected chi connectivity index (χ2v) is 14.4. The molecule has 3 N–H and O–H groups in total. The highest BCUT2D eigenvalue weighted by Gasteiger charge is 2.60. The van der Waals surface area contributed by atoms with Gasteiger partial charge in [-0.25, -0.2) is 4.79 Å². The molecule has 1 fully saturated rings. The number of hydrogen-bond acceptors (Lipinski definition) is 6. The number of amidine groups is 1. The SMILES string of the molecule is CCOc1cc(C(C)(C)C)ncc1C1=N[C@@](C)(c2ccc(Cl)cc2)[C@@](C)(c2ccc(Cl)cc2)N1C(=O)N1CCC(NCC(N)=O)CC1. The van der Waals surface area contributed by atoms with E-state index in [9.17, 15) is 4.79 Å². The van der Waals surface area contributed by atoms with Crippen molar-refractivity contribution in [3.63, 3.8) is 0 Å². The largest absolute Gasteiger partial charge is 0.493 e. The molecule has 0 saturated carbocycles. The van der Waals surface area contributed by atoms with Crippen LogP contribution in [0.2, 0.25) is 10.0 Å². The predicted molar refractivity (Wildman–Crippen MR) is 187 cm³/mol. The number of ether oxygens (including phenoxy) is 1. The number of benzene rings is 2. The molecule has 2 atom stereocenters. The predicted octanol–water partition coefficient (Wildman–Crippen LogP) is 6.64. The molecular formula is C36H44Cl2N6O3. The van der Waals surface area contributed by atoms with E-state index in [0.29, 0.717) is 59.7 Å². The molecule has 11 heteroatoms. The Balaban J connectivity index is 1.70. The maximum atomic E-state index is 15.0. The summed E-state index contributed by atoms with van der Waals surface area (Å²) in [6, 6.07) is 17.1. The van der Waals surface area contributed by atoms with Crippen molar-refractivity contribution in [1.82, 2.24) is 20.1 Å². The minimum Gasteiger partial charge on any atom is -0.493 e. The van der Waals surface area contributed by atoms with Gasteiger partial charge < -0.3 is 20.7 Å². The van der Waals surface area contributed by atoms with Gasteiger partial charge in [0.25, 0.3) is 0 Å². The molecule has 2 aliphatic rings. The molecule has 47 heavy (non-hydrogen) atoms. The molecule has 2 aromatic carbocycles. The molecule has 3 aromatic rings. The van der Waals surface area contributed by atoms with E-state index >= 15 is 4.79 Å². The normalized spacial score (nSPS) is 21.9. The van der Waals surface area contributed by atoms with Crippen molar-refractivity contribution < 1.29 is 14.3 Å². The number of carbonyl (C=O) groups excluding carboxylic acids is 2. The maximum Gasteiger partial charge on any atom is 0.326 e. The van der Waals surface area contributed by atoms with E-state index < -0.39 is 17.0 Å². The monoisotopic (exact) mass is 678 g/mol. The van der Waals surface area contributed by atoms with Crippen molar-refractivity contribution in [3.05, 3.63) is 93.2 Å². The quantitative estimate of drug-likeness (QED) is 0.277. The Morgan fingerprint density at radius 2 is 1.57 bits per heavy atom. The Morgan fingerprint density at radius 3 is 2.11 bits per heavy atom. The fourth-order valence-corrected chi connectivity index (χ4v) is 6.77. The number of pyridine rings is 1. The first kappa shape index (κ1) is 34.7. The molecule has 0 aliphatic carbocycles. The zero-order chi connectivity index (χ0) is 34.1. The summed E-state index contributed by atoms with van der Waals surface area (Å²) in [5, 5.41) is 4.41. The van der Waals surface area contributed by atoms with Crippen LogP contribution in [0.5, 0.6) is 5.75 Å². The summed E-state index contributed by atoms with van der Waals surface area (Å²) < 4.78 is 6.24. The minimum absolute atomic E-state index is 0.0824. The Bertz CT molecular complexity index is 1650. The highest BCUT2D eigenvalue weighted by atomic mass is 35.5. The number of hydrogen-bond donors (Lipinski definition) is 2. The molecule has 2 aliphatic heterocycles. The van der Waals surface area contributed by atoms with Gasteiger partial charge in [-0.3, -0.25) is 19.7 Å². The van der Waals surface area contributed by atoms with E-state index in [1.165, 1.54) is 0 Å². The van der Waals surface area contributed by atoms with Crippen LogP contribution in [0.1, 0.15) is 76.8 Å². The zero-order valence-electron chi connectivity index (χ0n) is 27.9. The molecule has 3 heterocycles. The lowest BCUT2D eigenvalue weighted by Crippen LogP contribution is -2.59. The van der Waals surface area contributed by atoms with Gasteiger partial charge in [0.05, 0.1) is 18.7 Å². The Labute approximate surface area is 287 Å². The highest BCUT2D eigenvalue weighted by Crippen LogP contribution is 2.54. The first-order chi connectivity index (χ1) is 22.2. The average Bonchev–Trinajstić information content (AvgIpc) is 3.28. The number of nitrogens with two attached hydrogens (primary N) is 1. The Kier molecular flexibility index (Phi) is 9.92. The summed E-state index contributed by atoms with van der Waals surface area (Å²) in [5.41, 5.74) is 6.40. The number of urea groups is 1. The van der Waals surface area contributed by atoms with Crippen LogP contribution in [0, 0.1) is 0 Å². The molecule has 1 saturated heterocycles. The molecule has 0 bridgehead atoms. The highest BCUT2D eigenvalue weighted by molar-refractivity contribution is 6.30. The van der Waals surface area contributed by atoms with Crippen molar-refractivity contribution in [2.24, 2.45) is 10.7 Å². The van der Waals surface area contributed by atoms with E-state index in [2.05, 4.69) is 39.9 Å². The van der Waals surface area contributed by atoms with Crippen LogP contribution in [-0.2, 0) is 21.3 Å². The molecule has 5 rings (SSSR count). The molecule has 3 amide bonds. The number of nitrogens with one attached hydrogen (secondary N) is 1. The van der Waals surface area contributed by atoms with Gasteiger partial charge in [0, 0.05) is 52.5 Å². The van der Waals surface area contributed by atoms with Crippen LogP contribution >= 0.6 is 23.2 Å². The molecule has 9 nitrogen and oxygen atoms in total. The van der Waals surface area contributed by atoms with Gasteiger partial charge in [0.1, 0.15) is 22.7 Å². The molecule has 0 unspecified atom stereocenters. The third kappa shape index (κ3) is 6.71. The molecule has 1 aromatic heterocycles. The summed E-state index contributed by atoms with van der Waals surface area (Å²) in [7, 11) is 0. The van der Waals surface area contributed by atoms with Crippen LogP contribution in [0.4, 0.5) is 4.79 Å². The van der Waals surface area contributed by atoms with E-state index in [-0.39, 0.29) is 24.0 Å². The number of likely N-dealkylation sites (tertiary alicyclic amines) is 1. The molecule has 0 spiro atoms. The van der Waals surface area contributed by atoms with Gasteiger partial charge >= 0.3 is 6.03 Å². The summed E-state index contributed by atoms with van der Waals surface area (Å²) in [6.07, 6.45) is 3.13. The third-order valence-electron chi connectivity index (χ3n) is 9.45. The zero-order valence-corrected chi connectivity index (χ0v) is 29.5. The van der Waals surface area contributed by atoms with Crippen molar-refractivity contribution in [2.45, 2.75) is 76.9 Å². The van der Waals surface area contributed by atoms with E-state index in [1.807, 2.05) is 71.3 Å². The number of halogens is 2. The van der Waals surface area contributed by atoms with Gasteiger partial charge in [-0.1, -0.05) is 68.2 Å². The van der Waals surface area contributed by atoms with Crippen LogP contribution in [-0.4, -0.2) is 64.8 Å². The number of aromatic nitrogens is 1. The topological polar surface area (TPSA) is 113 Å². The first-order valence-corrected chi connectivity index (χ1v) is 16.8. The number of piperidine rings is 1. The second-order valence-electron chi connectivity index (χ2n) is 13.6. The van der Waals surface area contributed by atoms with Gasteiger partial charge in [-0.05, 0) is 69.0 Å². The Hall–Kier alpha value is -3.66. The van der Waals surface area contributed by atoms with Crippen LogP contribution in [0.15, 0.2) is 65.8 Å². The number of primary amides is 1. The Morgan fingerprint density at radius 1 is 1.00 bits per heavy atom. The number of nitrogens with zero attached hydrogens (tertiary/aromatic N) is 4. The van der Waals surface area contributed by atoms with Gasteiger partial charge in [-0.15, -0.1) is 0 Å². The van der Waals surface area contributed by atoms with Crippen LogP contribution < -0.4 is 15.8 Å². The van der Waals surface area contributed by atoms with Gasteiger partial charge in [0.15, 0.2) is 0 Å². The smallest absolute Gasteiger partial charge is 0.326 e. The summed E-state index contributed by atoms with van der Waals surface area (Å²) in [5.74, 6) is 0.672. The lowest BCUT2D eigenvalue weighted by atomic mass is 9.71. The molecule has 0 radical (unpaired) electrons. The molecular weight excluding hydrogens is 635 g/mol. The standard InChI is InChI=1S/C36H44Cl2N6O3/c1-7-47-29-20-30(34(2,3)4)41-21-28(29)32-42-35(5,23-8-12-25(37)13-9-23)36(6,24-10-14-26(38)15-11-24)44(32)33(46)43-18-16-27(17-19-43)40-22-31(39)45/h8-15,20-21,27,40H,7,16-19,22H2,1-6H3,(H2,39,45)/t35-,36+/m0/s1. The third-order valence-corrected chi connectivity index (χ3v) is 9.95. The fraction of sp³-hybridized carbons (Fsp3) is 0.444. The van der Waals surface area contributed by atoms with E-state index in [1.54, 1.807) is 6.20 Å². The van der Waals surface area contributed by atoms with Crippen molar-refractivity contribution >= 4 is 41.0 Å². The van der Waals surface area contributed by atoms with Gasteiger partial charge in [0.2, 0.25) is 5.91 Å².